The maximum absolute atomic E-state index is 13.9. The van der Waals surface area contributed by atoms with Crippen molar-refractivity contribution in [2.75, 3.05) is 38.2 Å². The molecule has 9 nitrogen and oxygen atoms in total. The fraction of sp³-hybridized carbons (Fsp3) is 0.595. The molecule has 3 saturated heterocycles. The number of nitrogens with zero attached hydrogens (tertiary/aromatic N) is 2. The topological polar surface area (TPSA) is 111 Å². The van der Waals surface area contributed by atoms with Crippen LogP contribution in [-0.2, 0) is 32.1 Å². The van der Waals surface area contributed by atoms with E-state index in [1.54, 1.807) is 0 Å². The second-order valence-electron chi connectivity index (χ2n) is 13.9. The third-order valence-corrected chi connectivity index (χ3v) is 10.5. The molecule has 1 aliphatic carbocycles. The largest absolute Gasteiger partial charge is 0.390 e. The number of carbonyl (C=O) groups excluding carboxylic acids is 3. The van der Waals surface area contributed by atoms with Crippen LogP contribution in [0.25, 0.3) is 0 Å². The number of unbranched alkanes of at least 4 members (excludes halogenated alkanes) is 1. The van der Waals surface area contributed by atoms with E-state index in [1.807, 2.05) is 17.0 Å². The van der Waals surface area contributed by atoms with Gasteiger partial charge in [-0.1, -0.05) is 49.7 Å². The summed E-state index contributed by atoms with van der Waals surface area (Å²) in [5.41, 5.74) is 3.65. The zero-order valence-electron chi connectivity index (χ0n) is 27.6. The summed E-state index contributed by atoms with van der Waals surface area (Å²) in [6.07, 6.45) is 7.24. The van der Waals surface area contributed by atoms with Crippen molar-refractivity contribution < 1.29 is 24.2 Å². The van der Waals surface area contributed by atoms with Crippen LogP contribution >= 0.6 is 12.4 Å². The normalized spacial score (nSPS) is 22.4. The number of hydrogen-bond donors (Lipinski definition) is 3. The first-order chi connectivity index (χ1) is 22.3. The van der Waals surface area contributed by atoms with Crippen LogP contribution in [0.4, 0.5) is 5.69 Å². The molecule has 0 unspecified atom stereocenters. The van der Waals surface area contributed by atoms with Crippen molar-refractivity contribution in [2.24, 2.45) is 11.8 Å². The van der Waals surface area contributed by atoms with E-state index in [1.165, 1.54) is 29.5 Å². The molecule has 3 heterocycles. The van der Waals surface area contributed by atoms with Gasteiger partial charge in [-0.25, -0.2) is 0 Å². The molecule has 0 bridgehead atoms. The zero-order chi connectivity index (χ0) is 32.1. The second-order valence-corrected chi connectivity index (χ2v) is 13.9. The Hall–Kier alpha value is -2.98. The summed E-state index contributed by atoms with van der Waals surface area (Å²) in [6.45, 7) is 6.03. The van der Waals surface area contributed by atoms with Crippen LogP contribution < -0.4 is 10.6 Å². The Morgan fingerprint density at radius 2 is 1.60 bits per heavy atom. The van der Waals surface area contributed by atoms with Gasteiger partial charge >= 0.3 is 0 Å². The standard InChI is InChI=1S/C37H50N4O5.ClH/c1-2-3-18-41-35(44)33(34(43)30-14-21-46-22-15-30)39-36(45)37(41)16-19-40(20-17-37)25-29-8-6-26(7-9-29)23-27-10-12-31(13-11-27)38-32(42)24-28-4-5-28;/h6-13,28,30,33-34,43H,2-5,14-25H2,1H3,(H,38,42)(H,39,45);1H/t33-,34-;/m1./s1. The molecule has 2 aromatic carbocycles. The van der Waals surface area contributed by atoms with Crippen molar-refractivity contribution in [1.29, 1.82) is 0 Å². The number of amides is 3. The number of hydrogen-bond acceptors (Lipinski definition) is 6. The van der Waals surface area contributed by atoms with Crippen molar-refractivity contribution in [1.82, 2.24) is 15.1 Å². The van der Waals surface area contributed by atoms with Crippen LogP contribution in [0.1, 0.15) is 81.4 Å². The van der Waals surface area contributed by atoms with Gasteiger partial charge < -0.3 is 25.4 Å². The monoisotopic (exact) mass is 666 g/mol. The van der Waals surface area contributed by atoms with Gasteiger partial charge in [0.15, 0.2) is 0 Å². The van der Waals surface area contributed by atoms with Gasteiger partial charge in [0.2, 0.25) is 17.7 Å². The summed E-state index contributed by atoms with van der Waals surface area (Å²) >= 11 is 0. The lowest BCUT2D eigenvalue weighted by atomic mass is 9.79. The lowest BCUT2D eigenvalue weighted by Crippen LogP contribution is -2.75. The highest BCUT2D eigenvalue weighted by Gasteiger charge is 2.55. The van der Waals surface area contributed by atoms with Crippen molar-refractivity contribution >= 4 is 35.8 Å². The molecule has 10 heteroatoms. The van der Waals surface area contributed by atoms with Gasteiger partial charge in [-0.15, -0.1) is 12.4 Å². The van der Waals surface area contributed by atoms with Crippen LogP contribution in [0.5, 0.6) is 0 Å². The average Bonchev–Trinajstić information content (AvgIpc) is 3.89. The van der Waals surface area contributed by atoms with Gasteiger partial charge in [0.1, 0.15) is 11.6 Å². The van der Waals surface area contributed by atoms with E-state index in [0.29, 0.717) is 57.8 Å². The zero-order valence-corrected chi connectivity index (χ0v) is 28.4. The minimum absolute atomic E-state index is 0. The van der Waals surface area contributed by atoms with Gasteiger partial charge in [0, 0.05) is 51.5 Å². The highest BCUT2D eigenvalue weighted by atomic mass is 35.5. The minimum Gasteiger partial charge on any atom is -0.390 e. The average molecular weight is 667 g/mol. The van der Waals surface area contributed by atoms with Crippen molar-refractivity contribution in [2.45, 2.75) is 95.4 Å². The third-order valence-electron chi connectivity index (χ3n) is 10.5. The predicted molar refractivity (Wildman–Crippen MR) is 184 cm³/mol. The van der Waals surface area contributed by atoms with Crippen molar-refractivity contribution in [3.05, 3.63) is 65.2 Å². The van der Waals surface area contributed by atoms with Crippen LogP contribution in [0.15, 0.2) is 48.5 Å². The highest BCUT2D eigenvalue weighted by Crippen LogP contribution is 2.36. The summed E-state index contributed by atoms with van der Waals surface area (Å²) < 4.78 is 5.45. The lowest BCUT2D eigenvalue weighted by molar-refractivity contribution is -0.166. The van der Waals surface area contributed by atoms with Gasteiger partial charge in [-0.3, -0.25) is 19.3 Å². The molecule has 6 rings (SSSR count). The molecule has 4 aliphatic rings. The number of anilines is 1. The Bertz CT molecular complexity index is 1350. The maximum atomic E-state index is 13.9. The van der Waals surface area contributed by atoms with E-state index < -0.39 is 17.7 Å². The number of halogens is 1. The lowest BCUT2D eigenvalue weighted by Gasteiger charge is -2.52. The number of piperazine rings is 1. The SMILES string of the molecule is CCCCN1C(=O)[C@@H]([C@H](O)C2CCOCC2)NC(=O)C12CCN(Cc1ccc(Cc3ccc(NC(=O)CC4CC4)cc3)cc1)CC2.Cl. The first-order valence-corrected chi connectivity index (χ1v) is 17.4. The fourth-order valence-corrected chi connectivity index (χ4v) is 7.38. The Morgan fingerprint density at radius 1 is 0.979 bits per heavy atom. The van der Waals surface area contributed by atoms with Crippen LogP contribution in [0, 0.1) is 11.8 Å². The number of aliphatic hydroxyl groups excluding tert-OH is 1. The van der Waals surface area contributed by atoms with Gasteiger partial charge in [-0.05, 0) is 92.0 Å². The van der Waals surface area contributed by atoms with E-state index in [2.05, 4.69) is 58.9 Å². The van der Waals surface area contributed by atoms with Crippen molar-refractivity contribution in [3.63, 3.8) is 0 Å². The molecule has 4 fully saturated rings. The molecule has 0 aromatic heterocycles. The van der Waals surface area contributed by atoms with E-state index in [0.717, 1.165) is 44.6 Å². The first kappa shape index (κ1) is 35.3. The number of nitrogens with one attached hydrogen (secondary N) is 2. The maximum Gasteiger partial charge on any atom is 0.248 e. The number of carbonyl (C=O) groups is 3. The van der Waals surface area contributed by atoms with Gasteiger partial charge in [0.25, 0.3) is 0 Å². The number of likely N-dealkylation sites (tertiary alicyclic amines) is 1. The Labute approximate surface area is 285 Å². The number of piperidine rings is 1. The summed E-state index contributed by atoms with van der Waals surface area (Å²) in [6, 6.07) is 15.9. The molecular formula is C37H51ClN4O5. The van der Waals surface area contributed by atoms with E-state index in [-0.39, 0.29) is 36.0 Å². The van der Waals surface area contributed by atoms with E-state index >= 15 is 0 Å². The predicted octanol–water partition coefficient (Wildman–Crippen LogP) is 4.69. The first-order valence-electron chi connectivity index (χ1n) is 17.4. The molecule has 47 heavy (non-hydrogen) atoms. The van der Waals surface area contributed by atoms with Crippen LogP contribution in [-0.4, -0.2) is 83.2 Å². The molecule has 3 amide bonds. The minimum atomic E-state index is -0.895. The molecule has 1 spiro atoms. The number of aliphatic hydroxyl groups is 1. The van der Waals surface area contributed by atoms with Gasteiger partial charge in [0.05, 0.1) is 6.10 Å². The quantitative estimate of drug-likeness (QED) is 0.303. The number of rotatable bonds is 12. The molecule has 256 valence electrons. The number of benzene rings is 2. The van der Waals surface area contributed by atoms with Crippen molar-refractivity contribution in [3.8, 4) is 0 Å². The molecule has 3 N–H and O–H groups in total. The molecular weight excluding hydrogens is 616 g/mol. The van der Waals surface area contributed by atoms with Gasteiger partial charge in [-0.2, -0.15) is 0 Å². The summed E-state index contributed by atoms with van der Waals surface area (Å²) in [4.78, 5) is 43.9. The molecule has 1 saturated carbocycles. The number of ether oxygens (including phenoxy) is 1. The highest BCUT2D eigenvalue weighted by molar-refractivity contribution is 6.00. The molecule has 2 aromatic rings. The third kappa shape index (κ3) is 8.55. The summed E-state index contributed by atoms with van der Waals surface area (Å²) in [5.74, 6) is 0.388. The molecule has 3 aliphatic heterocycles. The summed E-state index contributed by atoms with van der Waals surface area (Å²) in [7, 11) is 0. The Balaban J connectivity index is 0.00000433. The second kappa shape index (κ2) is 15.9. The molecule has 0 radical (unpaired) electrons. The van der Waals surface area contributed by atoms with Crippen LogP contribution in [0.3, 0.4) is 0 Å². The smallest absolute Gasteiger partial charge is 0.248 e. The van der Waals surface area contributed by atoms with Crippen LogP contribution in [0.2, 0.25) is 0 Å². The molecule has 2 atom stereocenters. The fourth-order valence-electron chi connectivity index (χ4n) is 7.38. The Kier molecular flexibility index (Phi) is 12.0. The Morgan fingerprint density at radius 3 is 2.21 bits per heavy atom. The summed E-state index contributed by atoms with van der Waals surface area (Å²) in [5, 5.41) is 17.1. The van der Waals surface area contributed by atoms with E-state index in [4.69, 9.17) is 4.74 Å². The van der Waals surface area contributed by atoms with E-state index in [9.17, 15) is 19.5 Å².